The SMILES string of the molecule is C=c1ccn(C)/c1=C\Nc1ccc(C)cc1O[C@@H]1CCON1. The summed E-state index contributed by atoms with van der Waals surface area (Å²) in [5.41, 5.74) is 4.93. The lowest BCUT2D eigenvalue weighted by molar-refractivity contribution is 0.0367. The summed E-state index contributed by atoms with van der Waals surface area (Å²) in [5, 5.41) is 5.34. The Kier molecular flexibility index (Phi) is 4.18. The van der Waals surface area contributed by atoms with Crippen LogP contribution in [0.1, 0.15) is 12.0 Å². The first-order chi connectivity index (χ1) is 10.6. The Balaban J connectivity index is 1.86. The topological polar surface area (TPSA) is 47.5 Å². The minimum absolute atomic E-state index is 0.110. The molecule has 0 amide bonds. The maximum atomic E-state index is 5.98. The molecule has 0 aliphatic carbocycles. The van der Waals surface area contributed by atoms with E-state index in [1.807, 2.05) is 49.1 Å². The van der Waals surface area contributed by atoms with Gasteiger partial charge in [-0.05, 0) is 35.9 Å². The predicted molar refractivity (Wildman–Crippen MR) is 87.6 cm³/mol. The Hall–Kier alpha value is -2.24. The van der Waals surface area contributed by atoms with Crippen LogP contribution >= 0.6 is 0 Å². The molecule has 1 atom stereocenters. The lowest BCUT2D eigenvalue weighted by Crippen LogP contribution is -2.28. The number of hydroxylamine groups is 1. The molecule has 0 bridgehead atoms. The number of aryl methyl sites for hydroxylation is 2. The molecule has 5 nitrogen and oxygen atoms in total. The number of anilines is 1. The van der Waals surface area contributed by atoms with Gasteiger partial charge in [0.2, 0.25) is 0 Å². The fraction of sp³-hybridized carbons (Fsp3) is 0.294. The van der Waals surface area contributed by atoms with E-state index in [1.54, 1.807) is 0 Å². The first-order valence-corrected chi connectivity index (χ1v) is 7.35. The van der Waals surface area contributed by atoms with Gasteiger partial charge < -0.3 is 14.6 Å². The van der Waals surface area contributed by atoms with E-state index >= 15 is 0 Å². The molecule has 0 radical (unpaired) electrons. The van der Waals surface area contributed by atoms with E-state index in [0.717, 1.165) is 34.0 Å². The monoisotopic (exact) mass is 299 g/mol. The number of aromatic nitrogens is 1. The van der Waals surface area contributed by atoms with Crippen molar-refractivity contribution in [1.29, 1.82) is 0 Å². The lowest BCUT2D eigenvalue weighted by atomic mass is 10.2. The molecule has 1 aliphatic heterocycles. The van der Waals surface area contributed by atoms with Crippen LogP contribution in [0.3, 0.4) is 0 Å². The van der Waals surface area contributed by atoms with Gasteiger partial charge in [-0.3, -0.25) is 4.84 Å². The van der Waals surface area contributed by atoms with E-state index in [0.29, 0.717) is 6.61 Å². The van der Waals surface area contributed by atoms with Crippen LogP contribution in [0.4, 0.5) is 5.69 Å². The minimum atomic E-state index is -0.110. The van der Waals surface area contributed by atoms with E-state index in [-0.39, 0.29) is 6.23 Å². The number of rotatable bonds is 4. The quantitative estimate of drug-likeness (QED) is 0.891. The molecule has 1 aromatic heterocycles. The van der Waals surface area contributed by atoms with Crippen molar-refractivity contribution in [2.75, 3.05) is 11.9 Å². The van der Waals surface area contributed by atoms with Gasteiger partial charge in [-0.1, -0.05) is 12.6 Å². The molecule has 0 spiro atoms. The smallest absolute Gasteiger partial charge is 0.173 e. The normalized spacial score (nSPS) is 18.6. The van der Waals surface area contributed by atoms with Gasteiger partial charge in [0.15, 0.2) is 6.23 Å². The summed E-state index contributed by atoms with van der Waals surface area (Å²) in [5.74, 6) is 0.805. The van der Waals surface area contributed by atoms with Crippen LogP contribution in [0.5, 0.6) is 5.75 Å². The molecule has 0 unspecified atom stereocenters. The van der Waals surface area contributed by atoms with E-state index in [4.69, 9.17) is 9.57 Å². The molecule has 0 saturated carbocycles. The Morgan fingerprint density at radius 2 is 2.32 bits per heavy atom. The molecule has 2 N–H and O–H groups in total. The summed E-state index contributed by atoms with van der Waals surface area (Å²) >= 11 is 0. The van der Waals surface area contributed by atoms with Crippen LogP contribution in [0.25, 0.3) is 12.8 Å². The second kappa shape index (κ2) is 6.25. The summed E-state index contributed by atoms with van der Waals surface area (Å²) in [4.78, 5) is 5.13. The van der Waals surface area contributed by atoms with Crippen LogP contribution in [-0.4, -0.2) is 17.4 Å². The van der Waals surface area contributed by atoms with Gasteiger partial charge in [-0.2, -0.15) is 5.48 Å². The summed E-state index contributed by atoms with van der Waals surface area (Å²) in [6.07, 6.45) is 4.65. The first-order valence-electron chi connectivity index (χ1n) is 7.35. The standard InChI is InChI=1S/C17H21N3O2/c1-12-4-5-14(16(10-12)22-17-7-9-21-19-17)18-11-15-13(2)6-8-20(15)3/h4-6,8,10-11,17-19H,2,7,9H2,1,3H3/b15-11-/t17-/m1/s1. The summed E-state index contributed by atoms with van der Waals surface area (Å²) in [7, 11) is 1.99. The fourth-order valence-corrected chi connectivity index (χ4v) is 2.39. The third kappa shape index (κ3) is 3.16. The summed E-state index contributed by atoms with van der Waals surface area (Å²) < 4.78 is 8.00. The van der Waals surface area contributed by atoms with Gasteiger partial charge >= 0.3 is 0 Å². The maximum Gasteiger partial charge on any atom is 0.173 e. The second-order valence-electron chi connectivity index (χ2n) is 5.49. The van der Waals surface area contributed by atoms with E-state index < -0.39 is 0 Å². The Morgan fingerprint density at radius 3 is 3.00 bits per heavy atom. The fourth-order valence-electron chi connectivity index (χ4n) is 2.39. The lowest BCUT2D eigenvalue weighted by Gasteiger charge is -2.16. The largest absolute Gasteiger partial charge is 0.471 e. The Labute approximate surface area is 129 Å². The van der Waals surface area contributed by atoms with Crippen molar-refractivity contribution in [1.82, 2.24) is 10.0 Å². The third-order valence-corrected chi connectivity index (χ3v) is 3.68. The highest BCUT2D eigenvalue weighted by molar-refractivity contribution is 5.64. The zero-order valence-electron chi connectivity index (χ0n) is 12.9. The summed E-state index contributed by atoms with van der Waals surface area (Å²) in [6, 6.07) is 8.08. The molecule has 1 fully saturated rings. The van der Waals surface area contributed by atoms with E-state index in [1.165, 1.54) is 0 Å². The number of ether oxygens (including phenoxy) is 1. The molecule has 1 saturated heterocycles. The molecule has 2 aromatic rings. The summed E-state index contributed by atoms with van der Waals surface area (Å²) in [6.45, 7) is 6.74. The van der Waals surface area contributed by atoms with E-state index in [2.05, 4.69) is 23.4 Å². The molecular weight excluding hydrogens is 278 g/mol. The predicted octanol–water partition coefficient (Wildman–Crippen LogP) is 1.22. The molecule has 5 heteroatoms. The molecule has 1 aromatic carbocycles. The first kappa shape index (κ1) is 14.7. The van der Waals surface area contributed by atoms with E-state index in [9.17, 15) is 0 Å². The van der Waals surface area contributed by atoms with Crippen LogP contribution in [0, 0.1) is 6.92 Å². The molecule has 22 heavy (non-hydrogen) atoms. The Morgan fingerprint density at radius 1 is 1.45 bits per heavy atom. The van der Waals surface area contributed by atoms with Crippen LogP contribution in [0.2, 0.25) is 0 Å². The number of nitrogens with zero attached hydrogens (tertiary/aromatic N) is 1. The highest BCUT2D eigenvalue weighted by Gasteiger charge is 2.18. The van der Waals surface area contributed by atoms with Crippen molar-refractivity contribution >= 4 is 18.5 Å². The Bertz CT molecular complexity index is 761. The molecule has 1 aliphatic rings. The molecular formula is C17H21N3O2. The highest BCUT2D eigenvalue weighted by atomic mass is 16.7. The zero-order valence-corrected chi connectivity index (χ0v) is 12.9. The van der Waals surface area contributed by atoms with Gasteiger partial charge in [0, 0.05) is 25.9 Å². The van der Waals surface area contributed by atoms with Crippen molar-refractivity contribution in [3.8, 4) is 5.75 Å². The van der Waals surface area contributed by atoms with Gasteiger partial charge in [0.1, 0.15) is 5.75 Å². The van der Waals surface area contributed by atoms with Crippen LogP contribution in [0.15, 0.2) is 30.5 Å². The second-order valence-corrected chi connectivity index (χ2v) is 5.49. The number of nitrogens with one attached hydrogen (secondary N) is 2. The van der Waals surface area contributed by atoms with Crippen molar-refractivity contribution < 1.29 is 9.57 Å². The average molecular weight is 299 g/mol. The maximum absolute atomic E-state index is 5.98. The zero-order chi connectivity index (χ0) is 15.5. The van der Waals surface area contributed by atoms with Gasteiger partial charge in [0.05, 0.1) is 17.6 Å². The molecule has 116 valence electrons. The van der Waals surface area contributed by atoms with Crippen LogP contribution in [-0.2, 0) is 11.9 Å². The van der Waals surface area contributed by atoms with Gasteiger partial charge in [0.25, 0.3) is 0 Å². The van der Waals surface area contributed by atoms with Crippen molar-refractivity contribution in [2.24, 2.45) is 7.05 Å². The van der Waals surface area contributed by atoms with Crippen molar-refractivity contribution in [2.45, 2.75) is 19.6 Å². The molecule has 2 heterocycles. The van der Waals surface area contributed by atoms with Crippen molar-refractivity contribution in [3.05, 3.63) is 46.6 Å². The number of hydrogen-bond acceptors (Lipinski definition) is 4. The number of hydrogen-bond donors (Lipinski definition) is 2. The van der Waals surface area contributed by atoms with Crippen molar-refractivity contribution in [3.63, 3.8) is 0 Å². The minimum Gasteiger partial charge on any atom is -0.471 e. The molecule has 3 rings (SSSR count). The van der Waals surface area contributed by atoms with Gasteiger partial charge in [-0.15, -0.1) is 0 Å². The number of benzene rings is 1. The average Bonchev–Trinajstić information content (AvgIpc) is 3.10. The van der Waals surface area contributed by atoms with Gasteiger partial charge in [-0.25, -0.2) is 0 Å². The highest BCUT2D eigenvalue weighted by Crippen LogP contribution is 2.27. The van der Waals surface area contributed by atoms with Crippen LogP contribution < -0.4 is 26.1 Å². The third-order valence-electron chi connectivity index (χ3n) is 3.68.